The van der Waals surface area contributed by atoms with Crippen molar-refractivity contribution in [1.82, 2.24) is 20.1 Å². The third-order valence-corrected chi connectivity index (χ3v) is 4.44. The molecule has 4 aromatic rings. The summed E-state index contributed by atoms with van der Waals surface area (Å²) in [6.07, 6.45) is 2.27. The van der Waals surface area contributed by atoms with Crippen LogP contribution < -0.4 is 10.1 Å². The topological polar surface area (TPSA) is 95.2 Å². The van der Waals surface area contributed by atoms with E-state index in [4.69, 9.17) is 14.0 Å². The van der Waals surface area contributed by atoms with Crippen LogP contribution in [0.3, 0.4) is 0 Å². The summed E-state index contributed by atoms with van der Waals surface area (Å²) in [5.41, 5.74) is 3.88. The monoisotopic (exact) mass is 427 g/mol. The molecule has 0 saturated heterocycles. The second-order valence-electron chi connectivity index (χ2n) is 6.49. The molecule has 0 aliphatic heterocycles. The Morgan fingerprint density at radius 2 is 1.97 bits per heavy atom. The zero-order valence-corrected chi connectivity index (χ0v) is 17.7. The maximum absolute atomic E-state index is 5.50. The van der Waals surface area contributed by atoms with Gasteiger partial charge in [0.05, 0.1) is 25.0 Å². The van der Waals surface area contributed by atoms with Gasteiger partial charge in [0.1, 0.15) is 5.75 Å². The van der Waals surface area contributed by atoms with Gasteiger partial charge in [-0.2, -0.15) is 4.98 Å². The van der Waals surface area contributed by atoms with E-state index in [1.165, 1.54) is 0 Å². The smallest absolute Gasteiger partial charge is 0.261 e. The van der Waals surface area contributed by atoms with E-state index in [0.29, 0.717) is 36.0 Å². The maximum Gasteiger partial charge on any atom is 0.261 e. The van der Waals surface area contributed by atoms with Crippen molar-refractivity contribution in [1.29, 1.82) is 0 Å². The number of aryl methyl sites for hydroxylation is 1. The van der Waals surface area contributed by atoms with Crippen molar-refractivity contribution >= 4 is 34.8 Å². The summed E-state index contributed by atoms with van der Waals surface area (Å²) in [5.74, 6) is 1.72. The molecule has 0 saturated carbocycles. The summed E-state index contributed by atoms with van der Waals surface area (Å²) in [5, 5.41) is 8.34. The number of rotatable bonds is 7. The summed E-state index contributed by atoms with van der Waals surface area (Å²) in [6.45, 7) is 2.46. The molecule has 0 unspecified atom stereocenters. The number of hydrogen-bond donors (Lipinski definition) is 1. The lowest BCUT2D eigenvalue weighted by molar-refractivity contribution is 0.199. The van der Waals surface area contributed by atoms with Gasteiger partial charge in [-0.15, -0.1) is 12.4 Å². The molecule has 0 aliphatic carbocycles. The summed E-state index contributed by atoms with van der Waals surface area (Å²) < 4.78 is 15.9. The fourth-order valence-corrected chi connectivity index (χ4v) is 2.97. The molecule has 0 aliphatic rings. The molecule has 1 N–H and O–H groups in total. The predicted molar refractivity (Wildman–Crippen MR) is 117 cm³/mol. The first-order valence-corrected chi connectivity index (χ1v) is 9.17. The highest BCUT2D eigenvalue weighted by atomic mass is 35.5. The quantitative estimate of drug-likeness (QED) is 0.465. The van der Waals surface area contributed by atoms with Crippen molar-refractivity contribution in [2.24, 2.45) is 0 Å². The number of nitrogens with zero attached hydrogens (tertiary/aromatic N) is 4. The molecule has 0 fully saturated rings. The number of halogens is 1. The number of hydrogen-bond acceptors (Lipinski definition) is 8. The SMILES string of the molecule is COCCc1noc(-c2cnc3nc(C)ccc3c2Nc2cccc(OC)c2)n1.Cl. The Bertz CT molecular complexity index is 1150. The number of ether oxygens (including phenoxy) is 2. The second-order valence-corrected chi connectivity index (χ2v) is 6.49. The van der Waals surface area contributed by atoms with E-state index >= 15 is 0 Å². The van der Waals surface area contributed by atoms with E-state index in [1.807, 2.05) is 43.3 Å². The number of nitrogens with one attached hydrogen (secondary N) is 1. The molecular formula is C21H22ClN5O3. The zero-order valence-electron chi connectivity index (χ0n) is 16.9. The summed E-state index contributed by atoms with van der Waals surface area (Å²) in [6, 6.07) is 11.6. The molecule has 0 spiro atoms. The second kappa shape index (κ2) is 9.51. The van der Waals surface area contributed by atoms with Crippen LogP contribution in [0.2, 0.25) is 0 Å². The molecule has 0 atom stereocenters. The molecule has 3 aromatic heterocycles. The first kappa shape index (κ1) is 21.5. The lowest BCUT2D eigenvalue weighted by Gasteiger charge is -2.13. The van der Waals surface area contributed by atoms with Gasteiger partial charge in [-0.05, 0) is 31.2 Å². The van der Waals surface area contributed by atoms with E-state index in [9.17, 15) is 0 Å². The maximum atomic E-state index is 5.50. The molecular weight excluding hydrogens is 406 g/mol. The van der Waals surface area contributed by atoms with Gasteiger partial charge in [0, 0.05) is 42.6 Å². The molecule has 1 aromatic carbocycles. The largest absolute Gasteiger partial charge is 0.497 e. The first-order valence-electron chi connectivity index (χ1n) is 9.17. The summed E-state index contributed by atoms with van der Waals surface area (Å²) in [4.78, 5) is 13.5. The highest BCUT2D eigenvalue weighted by Crippen LogP contribution is 2.35. The average Bonchev–Trinajstić information content (AvgIpc) is 3.21. The number of fused-ring (bicyclic) bond motifs is 1. The van der Waals surface area contributed by atoms with Crippen LogP contribution in [0.15, 0.2) is 47.1 Å². The molecule has 4 rings (SSSR count). The number of pyridine rings is 2. The Labute approximate surface area is 180 Å². The van der Waals surface area contributed by atoms with Crippen LogP contribution in [-0.4, -0.2) is 40.9 Å². The Morgan fingerprint density at radius 1 is 1.10 bits per heavy atom. The fourth-order valence-electron chi connectivity index (χ4n) is 2.97. The van der Waals surface area contributed by atoms with Crippen LogP contribution in [-0.2, 0) is 11.2 Å². The minimum atomic E-state index is 0. The average molecular weight is 428 g/mol. The van der Waals surface area contributed by atoms with Crippen LogP contribution in [0.4, 0.5) is 11.4 Å². The van der Waals surface area contributed by atoms with Gasteiger partial charge >= 0.3 is 0 Å². The molecule has 3 heterocycles. The van der Waals surface area contributed by atoms with Gasteiger partial charge in [0.25, 0.3) is 5.89 Å². The van der Waals surface area contributed by atoms with Gasteiger partial charge in [-0.3, -0.25) is 0 Å². The van der Waals surface area contributed by atoms with Crippen LogP contribution >= 0.6 is 12.4 Å². The molecule has 0 amide bonds. The van der Waals surface area contributed by atoms with Crippen molar-refractivity contribution in [2.75, 3.05) is 26.1 Å². The highest BCUT2D eigenvalue weighted by Gasteiger charge is 2.18. The van der Waals surface area contributed by atoms with Crippen molar-refractivity contribution in [3.05, 3.63) is 54.1 Å². The third kappa shape index (κ3) is 4.50. The Morgan fingerprint density at radius 3 is 2.77 bits per heavy atom. The number of anilines is 2. The zero-order chi connectivity index (χ0) is 20.2. The van der Waals surface area contributed by atoms with Gasteiger partial charge < -0.3 is 19.3 Å². The summed E-state index contributed by atoms with van der Waals surface area (Å²) >= 11 is 0. The standard InChI is InChI=1S/C21H21N5O3.ClH/c1-13-7-8-16-19(24-14-5-4-6-15(11-14)28-3)17(12-22-20(16)23-13)21-25-18(26-29-21)9-10-27-2;/h4-8,11-12H,9-10H2,1-3H3,(H,22,23,24);1H. The Kier molecular flexibility index (Phi) is 6.81. The molecule has 0 bridgehead atoms. The van der Waals surface area contributed by atoms with Crippen LogP contribution in [0.5, 0.6) is 5.75 Å². The molecule has 9 heteroatoms. The van der Waals surface area contributed by atoms with Crippen LogP contribution in [0.1, 0.15) is 11.5 Å². The minimum absolute atomic E-state index is 0. The van der Waals surface area contributed by atoms with Crippen molar-refractivity contribution < 1.29 is 14.0 Å². The van der Waals surface area contributed by atoms with Crippen molar-refractivity contribution in [2.45, 2.75) is 13.3 Å². The van der Waals surface area contributed by atoms with Crippen molar-refractivity contribution in [3.8, 4) is 17.2 Å². The van der Waals surface area contributed by atoms with E-state index in [2.05, 4.69) is 25.4 Å². The van der Waals surface area contributed by atoms with Gasteiger partial charge in [0.2, 0.25) is 0 Å². The Hall–Kier alpha value is -3.23. The molecule has 30 heavy (non-hydrogen) atoms. The molecule has 0 radical (unpaired) electrons. The normalized spacial score (nSPS) is 10.6. The fraction of sp³-hybridized carbons (Fsp3) is 0.238. The van der Waals surface area contributed by atoms with Gasteiger partial charge in [-0.1, -0.05) is 11.2 Å². The van der Waals surface area contributed by atoms with Crippen LogP contribution in [0.25, 0.3) is 22.5 Å². The lowest BCUT2D eigenvalue weighted by atomic mass is 10.1. The predicted octanol–water partition coefficient (Wildman–Crippen LogP) is 4.35. The molecule has 8 nitrogen and oxygen atoms in total. The van der Waals surface area contributed by atoms with Gasteiger partial charge in [0.15, 0.2) is 11.5 Å². The number of methoxy groups -OCH3 is 2. The summed E-state index contributed by atoms with van der Waals surface area (Å²) in [7, 11) is 3.28. The van der Waals surface area contributed by atoms with Crippen molar-refractivity contribution in [3.63, 3.8) is 0 Å². The minimum Gasteiger partial charge on any atom is -0.497 e. The van der Waals surface area contributed by atoms with E-state index < -0.39 is 0 Å². The van der Waals surface area contributed by atoms with E-state index in [-0.39, 0.29) is 12.4 Å². The highest BCUT2D eigenvalue weighted by molar-refractivity contribution is 5.98. The van der Waals surface area contributed by atoms with Gasteiger partial charge in [-0.25, -0.2) is 9.97 Å². The lowest BCUT2D eigenvalue weighted by Crippen LogP contribution is -1.99. The molecule has 156 valence electrons. The number of benzene rings is 1. The van der Waals surface area contributed by atoms with E-state index in [0.717, 1.165) is 28.2 Å². The Balaban J connectivity index is 0.00000256. The van der Waals surface area contributed by atoms with Crippen LogP contribution in [0, 0.1) is 6.92 Å². The number of aromatic nitrogens is 4. The third-order valence-electron chi connectivity index (χ3n) is 4.44. The van der Waals surface area contributed by atoms with E-state index in [1.54, 1.807) is 20.4 Å². The first-order chi connectivity index (χ1) is 14.2.